The summed E-state index contributed by atoms with van der Waals surface area (Å²) in [5, 5.41) is 9.70. The Bertz CT molecular complexity index is 670. The van der Waals surface area contributed by atoms with E-state index < -0.39 is 0 Å². The maximum absolute atomic E-state index is 12.9. The molecule has 3 nitrogen and oxygen atoms in total. The lowest BCUT2D eigenvalue weighted by atomic mass is 9.90. The van der Waals surface area contributed by atoms with E-state index in [4.69, 9.17) is 4.98 Å². The van der Waals surface area contributed by atoms with Crippen LogP contribution in [0.1, 0.15) is 37.7 Å². The van der Waals surface area contributed by atoms with E-state index in [0.29, 0.717) is 12.1 Å². The van der Waals surface area contributed by atoms with Crippen molar-refractivity contribution in [2.45, 2.75) is 39.2 Å². The van der Waals surface area contributed by atoms with E-state index in [1.54, 1.807) is 12.2 Å². The lowest BCUT2D eigenvalue weighted by Gasteiger charge is -2.18. The largest absolute Gasteiger partial charge is 0.390 e. The fraction of sp³-hybridized carbons (Fsp3) is 0.421. The molecule has 124 valence electrons. The molecule has 0 spiro atoms. The molecule has 1 aromatic heterocycles. The number of rotatable bonds is 5. The summed E-state index contributed by atoms with van der Waals surface area (Å²) in [6, 6.07) is 2.09. The van der Waals surface area contributed by atoms with Gasteiger partial charge in [0.2, 0.25) is 0 Å². The summed E-state index contributed by atoms with van der Waals surface area (Å²) < 4.78 is 12.9. The second-order valence-electron chi connectivity index (χ2n) is 6.74. The van der Waals surface area contributed by atoms with Gasteiger partial charge in [-0.1, -0.05) is 32.6 Å². The van der Waals surface area contributed by atoms with Gasteiger partial charge in [-0.05, 0) is 36.6 Å². The van der Waals surface area contributed by atoms with Crippen molar-refractivity contribution in [3.05, 3.63) is 59.2 Å². The van der Waals surface area contributed by atoms with E-state index in [1.807, 2.05) is 0 Å². The minimum Gasteiger partial charge on any atom is -0.390 e. The summed E-state index contributed by atoms with van der Waals surface area (Å²) in [6.07, 6.45) is 5.41. The predicted octanol–water partition coefficient (Wildman–Crippen LogP) is 3.83. The Morgan fingerprint density at radius 1 is 1.48 bits per heavy atom. The number of aromatic nitrogens is 1. The van der Waals surface area contributed by atoms with Crippen LogP contribution in [-0.2, 0) is 18.4 Å². The standard InChI is InChI=1S/C19H25FN2O/c1-6-14(8-7-13(2)20)9-15-10-17-18(21-16(15)11-23)19(3,4)12-22(17)5/h6-8,10,23H,1,9,11-12H2,2-5H3/b13-7+,14-8+. The van der Waals surface area contributed by atoms with E-state index in [-0.39, 0.29) is 17.8 Å². The number of likely N-dealkylation sites (N-methyl/N-ethyl adjacent to an activating group) is 1. The maximum Gasteiger partial charge on any atom is 0.0968 e. The summed E-state index contributed by atoms with van der Waals surface area (Å²) in [6.45, 7) is 10.3. The highest BCUT2D eigenvalue weighted by atomic mass is 19.1. The average molecular weight is 316 g/mol. The molecule has 0 saturated heterocycles. The molecule has 0 radical (unpaired) electrons. The molecule has 0 atom stereocenters. The van der Waals surface area contributed by atoms with E-state index >= 15 is 0 Å². The topological polar surface area (TPSA) is 36.4 Å². The second kappa shape index (κ2) is 6.67. The summed E-state index contributed by atoms with van der Waals surface area (Å²) in [7, 11) is 2.05. The number of allylic oxidation sites excluding steroid dienone is 5. The molecular weight excluding hydrogens is 291 g/mol. The number of fused-ring (bicyclic) bond motifs is 1. The highest BCUT2D eigenvalue weighted by Gasteiger charge is 2.35. The van der Waals surface area contributed by atoms with Crippen LogP contribution in [0, 0.1) is 0 Å². The van der Waals surface area contributed by atoms with Gasteiger partial charge in [-0.25, -0.2) is 4.39 Å². The number of hydrogen-bond donors (Lipinski definition) is 1. The minimum absolute atomic E-state index is 0.0300. The van der Waals surface area contributed by atoms with Crippen LogP contribution in [0.3, 0.4) is 0 Å². The fourth-order valence-corrected chi connectivity index (χ4v) is 3.05. The van der Waals surface area contributed by atoms with Crippen molar-refractivity contribution in [2.75, 3.05) is 18.5 Å². The lowest BCUT2D eigenvalue weighted by molar-refractivity contribution is 0.275. The van der Waals surface area contributed by atoms with Crippen molar-refractivity contribution in [3.63, 3.8) is 0 Å². The number of aliphatic hydroxyl groups excluding tert-OH is 1. The molecule has 0 unspecified atom stereocenters. The van der Waals surface area contributed by atoms with Crippen molar-refractivity contribution < 1.29 is 9.50 Å². The third kappa shape index (κ3) is 3.70. The van der Waals surface area contributed by atoms with Crippen molar-refractivity contribution in [1.82, 2.24) is 4.98 Å². The Balaban J connectivity index is 2.44. The number of hydrogen-bond acceptors (Lipinski definition) is 3. The summed E-state index contributed by atoms with van der Waals surface area (Å²) in [5.74, 6) is -0.250. The van der Waals surface area contributed by atoms with E-state index in [9.17, 15) is 9.50 Å². The molecule has 2 rings (SSSR count). The first-order valence-electron chi connectivity index (χ1n) is 7.79. The first kappa shape index (κ1) is 17.4. The number of nitrogens with zero attached hydrogens (tertiary/aromatic N) is 2. The van der Waals surface area contributed by atoms with E-state index in [1.165, 1.54) is 13.0 Å². The zero-order chi connectivity index (χ0) is 17.2. The molecule has 2 heterocycles. The van der Waals surface area contributed by atoms with Crippen LogP contribution < -0.4 is 4.90 Å². The first-order valence-corrected chi connectivity index (χ1v) is 7.79. The van der Waals surface area contributed by atoms with Crippen LogP contribution in [0.2, 0.25) is 0 Å². The molecule has 0 bridgehead atoms. The number of aliphatic hydroxyl groups is 1. The highest BCUT2D eigenvalue weighted by molar-refractivity contribution is 5.61. The molecule has 0 amide bonds. The zero-order valence-electron chi connectivity index (χ0n) is 14.4. The molecule has 0 aromatic carbocycles. The van der Waals surface area contributed by atoms with Crippen molar-refractivity contribution in [2.24, 2.45) is 0 Å². The zero-order valence-corrected chi connectivity index (χ0v) is 14.4. The number of halogens is 1. The van der Waals surface area contributed by atoms with E-state index in [0.717, 1.165) is 29.1 Å². The number of pyridine rings is 1. The summed E-state index contributed by atoms with van der Waals surface area (Å²) >= 11 is 0. The van der Waals surface area contributed by atoms with Gasteiger partial charge >= 0.3 is 0 Å². The van der Waals surface area contributed by atoms with Crippen molar-refractivity contribution in [1.29, 1.82) is 0 Å². The molecule has 4 heteroatoms. The van der Waals surface area contributed by atoms with E-state index in [2.05, 4.69) is 38.4 Å². The predicted molar refractivity (Wildman–Crippen MR) is 93.3 cm³/mol. The molecule has 0 fully saturated rings. The van der Waals surface area contributed by atoms with Crippen LogP contribution in [0.4, 0.5) is 10.1 Å². The van der Waals surface area contributed by atoms with Gasteiger partial charge in [-0.15, -0.1) is 0 Å². The van der Waals surface area contributed by atoms with Gasteiger partial charge in [0.05, 0.1) is 29.5 Å². The molecule has 0 aliphatic carbocycles. The van der Waals surface area contributed by atoms with Crippen molar-refractivity contribution in [3.8, 4) is 0 Å². The average Bonchev–Trinajstić information content (AvgIpc) is 2.71. The van der Waals surface area contributed by atoms with Crippen LogP contribution in [-0.4, -0.2) is 23.7 Å². The Morgan fingerprint density at radius 3 is 2.74 bits per heavy atom. The van der Waals surface area contributed by atoms with Crippen LogP contribution in [0.5, 0.6) is 0 Å². The lowest BCUT2D eigenvalue weighted by Crippen LogP contribution is -2.25. The molecule has 1 aliphatic heterocycles. The molecule has 1 aromatic rings. The number of anilines is 1. The van der Waals surface area contributed by atoms with Crippen LogP contribution in [0.25, 0.3) is 0 Å². The second-order valence-corrected chi connectivity index (χ2v) is 6.74. The molecule has 23 heavy (non-hydrogen) atoms. The SMILES string of the molecule is C=C/C(=C\C=C(/C)F)Cc1cc2c(nc1CO)C(C)(C)CN2C. The Hall–Kier alpha value is -1.94. The molecule has 1 N–H and O–H groups in total. The molecule has 1 aliphatic rings. The van der Waals surface area contributed by atoms with Gasteiger partial charge in [0, 0.05) is 19.0 Å². The normalized spacial score (nSPS) is 17.4. The van der Waals surface area contributed by atoms with Gasteiger partial charge in [0.1, 0.15) is 0 Å². The van der Waals surface area contributed by atoms with Crippen LogP contribution in [0.15, 0.2) is 42.3 Å². The van der Waals surface area contributed by atoms with Gasteiger partial charge < -0.3 is 10.0 Å². The van der Waals surface area contributed by atoms with Gasteiger partial charge in [0.15, 0.2) is 0 Å². The molecule has 0 saturated carbocycles. The summed E-state index contributed by atoms with van der Waals surface area (Å²) in [5.41, 5.74) is 4.61. The first-order chi connectivity index (χ1) is 10.8. The minimum atomic E-state index is -0.250. The van der Waals surface area contributed by atoms with Crippen molar-refractivity contribution >= 4 is 5.69 Å². The highest BCUT2D eigenvalue weighted by Crippen LogP contribution is 2.39. The smallest absolute Gasteiger partial charge is 0.0968 e. The van der Waals surface area contributed by atoms with Gasteiger partial charge in [0.25, 0.3) is 0 Å². The Kier molecular flexibility index (Phi) is 5.05. The monoisotopic (exact) mass is 316 g/mol. The van der Waals surface area contributed by atoms with Gasteiger partial charge in [-0.3, -0.25) is 4.98 Å². The molecular formula is C19H25FN2O. The maximum atomic E-state index is 12.9. The van der Waals surface area contributed by atoms with Crippen LogP contribution >= 0.6 is 0 Å². The third-order valence-electron chi connectivity index (χ3n) is 4.19. The Morgan fingerprint density at radius 2 is 2.17 bits per heavy atom. The third-order valence-corrected chi connectivity index (χ3v) is 4.19. The quantitative estimate of drug-likeness (QED) is 0.839. The Labute approximate surface area is 137 Å². The summed E-state index contributed by atoms with van der Waals surface area (Å²) in [4.78, 5) is 6.91. The fourth-order valence-electron chi connectivity index (χ4n) is 3.05. The van der Waals surface area contributed by atoms with Gasteiger partial charge in [-0.2, -0.15) is 0 Å².